The molecule has 0 aliphatic carbocycles. The van der Waals surface area contributed by atoms with Gasteiger partial charge in [0, 0.05) is 25.7 Å². The Labute approximate surface area is 93.5 Å². The van der Waals surface area contributed by atoms with Crippen LogP contribution in [0.15, 0.2) is 23.0 Å². The Balaban J connectivity index is 2.15. The topological polar surface area (TPSA) is 65.2 Å². The summed E-state index contributed by atoms with van der Waals surface area (Å²) >= 11 is 0. The Kier molecular flexibility index (Phi) is 3.05. The zero-order chi connectivity index (χ0) is 11.5. The first-order chi connectivity index (χ1) is 7.68. The van der Waals surface area contributed by atoms with Crippen LogP contribution in [-0.2, 0) is 0 Å². The molecule has 1 unspecified atom stereocenters. The lowest BCUT2D eigenvalue weighted by molar-refractivity contribution is 0.0737. The number of nitrogens with one attached hydrogen (secondary N) is 2. The largest absolute Gasteiger partial charge is 0.336 e. The molecule has 2 heterocycles. The molecule has 1 atom stereocenters. The van der Waals surface area contributed by atoms with Gasteiger partial charge in [0.15, 0.2) is 0 Å². The highest BCUT2D eigenvalue weighted by Gasteiger charge is 2.24. The summed E-state index contributed by atoms with van der Waals surface area (Å²) in [7, 11) is 1.77. The molecule has 1 aliphatic rings. The summed E-state index contributed by atoms with van der Waals surface area (Å²) in [5.41, 5.74) is 0.102. The SMILES string of the molecule is CN(C(=O)c1cccc(=O)[nH]1)C1CCNC1. The number of aromatic nitrogens is 1. The molecule has 2 N–H and O–H groups in total. The number of pyridine rings is 1. The van der Waals surface area contributed by atoms with Gasteiger partial charge in [-0.1, -0.05) is 6.07 Å². The predicted molar refractivity (Wildman–Crippen MR) is 60.4 cm³/mol. The monoisotopic (exact) mass is 221 g/mol. The number of amides is 1. The summed E-state index contributed by atoms with van der Waals surface area (Å²) in [5.74, 6) is -0.133. The molecule has 0 saturated carbocycles. The van der Waals surface area contributed by atoms with Crippen molar-refractivity contribution in [1.29, 1.82) is 0 Å². The predicted octanol–water partition coefficient (Wildman–Crippen LogP) is -0.191. The van der Waals surface area contributed by atoms with E-state index in [0.717, 1.165) is 19.5 Å². The lowest BCUT2D eigenvalue weighted by atomic mass is 10.2. The van der Waals surface area contributed by atoms with Gasteiger partial charge in [-0.15, -0.1) is 0 Å². The molecule has 0 bridgehead atoms. The summed E-state index contributed by atoms with van der Waals surface area (Å²) in [6, 6.07) is 4.83. The third-order valence-electron chi connectivity index (χ3n) is 2.90. The molecule has 0 spiro atoms. The second kappa shape index (κ2) is 4.49. The minimum Gasteiger partial charge on any atom is -0.336 e. The molecule has 1 aromatic heterocycles. The second-order valence-electron chi connectivity index (χ2n) is 3.99. The van der Waals surface area contributed by atoms with Crippen LogP contribution in [0.3, 0.4) is 0 Å². The summed E-state index contributed by atoms with van der Waals surface area (Å²) in [4.78, 5) is 27.3. The number of carbonyl (C=O) groups is 1. The summed E-state index contributed by atoms with van der Waals surface area (Å²) in [6.45, 7) is 1.76. The average Bonchev–Trinajstić information content (AvgIpc) is 2.80. The van der Waals surface area contributed by atoms with Crippen molar-refractivity contribution in [2.75, 3.05) is 20.1 Å². The van der Waals surface area contributed by atoms with E-state index in [1.54, 1.807) is 24.1 Å². The first kappa shape index (κ1) is 10.9. The van der Waals surface area contributed by atoms with Gasteiger partial charge in [-0.2, -0.15) is 0 Å². The number of rotatable bonds is 2. The van der Waals surface area contributed by atoms with Crippen LogP contribution in [0.2, 0.25) is 0 Å². The molecule has 1 aromatic rings. The van der Waals surface area contributed by atoms with Crippen LogP contribution in [0.5, 0.6) is 0 Å². The van der Waals surface area contributed by atoms with Gasteiger partial charge in [-0.25, -0.2) is 0 Å². The fraction of sp³-hybridized carbons (Fsp3) is 0.455. The van der Waals surface area contributed by atoms with E-state index in [1.165, 1.54) is 6.07 Å². The van der Waals surface area contributed by atoms with Crippen molar-refractivity contribution in [3.63, 3.8) is 0 Å². The number of nitrogens with zero attached hydrogens (tertiary/aromatic N) is 1. The molecule has 0 aromatic carbocycles. The van der Waals surface area contributed by atoms with Gasteiger partial charge in [-0.3, -0.25) is 9.59 Å². The third-order valence-corrected chi connectivity index (χ3v) is 2.90. The van der Waals surface area contributed by atoms with E-state index in [0.29, 0.717) is 5.69 Å². The van der Waals surface area contributed by atoms with E-state index in [4.69, 9.17) is 0 Å². The van der Waals surface area contributed by atoms with Gasteiger partial charge < -0.3 is 15.2 Å². The first-order valence-corrected chi connectivity index (χ1v) is 5.35. The Morgan fingerprint density at radius 3 is 2.94 bits per heavy atom. The quantitative estimate of drug-likeness (QED) is 0.727. The highest BCUT2D eigenvalue weighted by molar-refractivity contribution is 5.92. The van der Waals surface area contributed by atoms with Crippen LogP contribution in [-0.4, -0.2) is 42.0 Å². The van der Waals surface area contributed by atoms with Crippen LogP contribution in [0, 0.1) is 0 Å². The van der Waals surface area contributed by atoms with Crippen molar-refractivity contribution < 1.29 is 4.79 Å². The van der Waals surface area contributed by atoms with E-state index in [-0.39, 0.29) is 17.5 Å². The second-order valence-corrected chi connectivity index (χ2v) is 3.99. The van der Waals surface area contributed by atoms with E-state index in [9.17, 15) is 9.59 Å². The minimum atomic E-state index is -0.246. The van der Waals surface area contributed by atoms with Gasteiger partial charge in [0.25, 0.3) is 5.91 Å². The van der Waals surface area contributed by atoms with Crippen LogP contribution in [0.1, 0.15) is 16.9 Å². The van der Waals surface area contributed by atoms with Crippen molar-refractivity contribution in [2.45, 2.75) is 12.5 Å². The van der Waals surface area contributed by atoms with Gasteiger partial charge >= 0.3 is 0 Å². The van der Waals surface area contributed by atoms with Crippen molar-refractivity contribution >= 4 is 5.91 Å². The fourth-order valence-electron chi connectivity index (χ4n) is 1.90. The molecule has 16 heavy (non-hydrogen) atoms. The number of H-pyrrole nitrogens is 1. The maximum absolute atomic E-state index is 12.0. The number of aromatic amines is 1. The van der Waals surface area contributed by atoms with E-state index in [1.807, 2.05) is 0 Å². The Morgan fingerprint density at radius 2 is 2.31 bits per heavy atom. The lowest BCUT2D eigenvalue weighted by Gasteiger charge is -2.23. The summed E-state index contributed by atoms with van der Waals surface area (Å²) < 4.78 is 0. The van der Waals surface area contributed by atoms with Gasteiger partial charge in [-0.05, 0) is 19.0 Å². The van der Waals surface area contributed by atoms with E-state index >= 15 is 0 Å². The number of carbonyl (C=O) groups excluding carboxylic acids is 1. The third kappa shape index (κ3) is 2.14. The van der Waals surface area contributed by atoms with Crippen LogP contribution in [0.4, 0.5) is 0 Å². The molecular formula is C11H15N3O2. The molecular weight excluding hydrogens is 206 g/mol. The molecule has 0 radical (unpaired) electrons. The van der Waals surface area contributed by atoms with E-state index in [2.05, 4.69) is 10.3 Å². The molecule has 2 rings (SSSR count). The molecule has 1 aliphatic heterocycles. The Bertz CT molecular complexity index is 435. The van der Waals surface area contributed by atoms with Crippen LogP contribution < -0.4 is 10.9 Å². The molecule has 1 saturated heterocycles. The number of likely N-dealkylation sites (N-methyl/N-ethyl adjacent to an activating group) is 1. The van der Waals surface area contributed by atoms with Crippen molar-refractivity contribution in [2.24, 2.45) is 0 Å². The summed E-state index contributed by atoms with van der Waals surface area (Å²) in [6.07, 6.45) is 0.958. The smallest absolute Gasteiger partial charge is 0.270 e. The maximum atomic E-state index is 12.0. The molecule has 1 fully saturated rings. The zero-order valence-electron chi connectivity index (χ0n) is 9.19. The van der Waals surface area contributed by atoms with Gasteiger partial charge in [0.05, 0.1) is 0 Å². The molecule has 5 heteroatoms. The van der Waals surface area contributed by atoms with E-state index < -0.39 is 0 Å². The summed E-state index contributed by atoms with van der Waals surface area (Å²) in [5, 5.41) is 3.21. The minimum absolute atomic E-state index is 0.133. The number of hydrogen-bond acceptors (Lipinski definition) is 3. The van der Waals surface area contributed by atoms with Crippen molar-refractivity contribution in [3.8, 4) is 0 Å². The Hall–Kier alpha value is -1.62. The van der Waals surface area contributed by atoms with Crippen molar-refractivity contribution in [1.82, 2.24) is 15.2 Å². The lowest BCUT2D eigenvalue weighted by Crippen LogP contribution is -2.39. The standard InChI is InChI=1S/C11H15N3O2/c1-14(8-5-6-12-7-8)11(16)9-3-2-4-10(15)13-9/h2-4,8,12H,5-7H2,1H3,(H,13,15). The zero-order valence-corrected chi connectivity index (χ0v) is 9.19. The fourth-order valence-corrected chi connectivity index (χ4v) is 1.90. The molecule has 5 nitrogen and oxygen atoms in total. The Morgan fingerprint density at radius 1 is 1.50 bits per heavy atom. The van der Waals surface area contributed by atoms with Crippen molar-refractivity contribution in [3.05, 3.63) is 34.2 Å². The van der Waals surface area contributed by atoms with Gasteiger partial charge in [0.2, 0.25) is 5.56 Å². The highest BCUT2D eigenvalue weighted by Crippen LogP contribution is 2.09. The number of hydrogen-bond donors (Lipinski definition) is 2. The maximum Gasteiger partial charge on any atom is 0.270 e. The first-order valence-electron chi connectivity index (χ1n) is 5.35. The highest BCUT2D eigenvalue weighted by atomic mass is 16.2. The van der Waals surface area contributed by atoms with Gasteiger partial charge in [0.1, 0.15) is 5.69 Å². The normalized spacial score (nSPS) is 19.7. The average molecular weight is 221 g/mol. The molecule has 1 amide bonds. The van der Waals surface area contributed by atoms with Crippen LogP contribution in [0.25, 0.3) is 0 Å². The van der Waals surface area contributed by atoms with Crippen LogP contribution >= 0.6 is 0 Å². The molecule has 86 valence electrons.